The smallest absolute Gasteiger partial charge is 0.307 e. The van der Waals surface area contributed by atoms with Crippen LogP contribution in [0.1, 0.15) is 18.1 Å². The van der Waals surface area contributed by atoms with E-state index in [4.69, 9.17) is 24.2 Å². The third-order valence-corrected chi connectivity index (χ3v) is 4.33. The van der Waals surface area contributed by atoms with Crippen LogP contribution in [0.25, 0.3) is 0 Å². The summed E-state index contributed by atoms with van der Waals surface area (Å²) in [7, 11) is 1.46. The topological polar surface area (TPSA) is 86.6 Å². The minimum atomic E-state index is -0.929. The molecule has 0 fully saturated rings. The van der Waals surface area contributed by atoms with E-state index in [1.807, 2.05) is 61.5 Å². The molecule has 3 rings (SSSR count). The molecule has 0 spiro atoms. The third-order valence-electron chi connectivity index (χ3n) is 4.33. The van der Waals surface area contributed by atoms with Gasteiger partial charge in [0.2, 0.25) is 0 Å². The molecule has 3 aromatic carbocycles. The highest BCUT2D eigenvalue weighted by molar-refractivity contribution is 6.01. The molecule has 0 unspecified atom stereocenters. The summed E-state index contributed by atoms with van der Waals surface area (Å²) in [6.45, 7) is 2.42. The van der Waals surface area contributed by atoms with Gasteiger partial charge in [0.25, 0.3) is 0 Å². The predicted octanol–water partition coefficient (Wildman–Crippen LogP) is 4.93. The molecule has 0 aliphatic heterocycles. The van der Waals surface area contributed by atoms with E-state index in [1.54, 1.807) is 18.2 Å². The van der Waals surface area contributed by atoms with Crippen LogP contribution in [0.5, 0.6) is 23.0 Å². The van der Waals surface area contributed by atoms with Crippen LogP contribution in [-0.4, -0.2) is 37.1 Å². The van der Waals surface area contributed by atoms with Gasteiger partial charge in [-0.3, -0.25) is 4.79 Å². The lowest BCUT2D eigenvalue weighted by Gasteiger charge is -2.13. The first-order valence-electron chi connectivity index (χ1n) is 10.1. The molecule has 166 valence electrons. The first-order chi connectivity index (χ1) is 15.6. The van der Waals surface area contributed by atoms with Crippen molar-refractivity contribution in [3.8, 4) is 23.0 Å². The van der Waals surface area contributed by atoms with Gasteiger partial charge in [-0.05, 0) is 48.9 Å². The number of carbonyl (C=O) groups is 1. The molecular weight excluding hydrogens is 410 g/mol. The Balaban J connectivity index is 1.78. The second-order valence-corrected chi connectivity index (χ2v) is 6.77. The second-order valence-electron chi connectivity index (χ2n) is 6.77. The SMILES string of the molecule is CCOc1cc(CC(=O)O)cc(OCC(=NOC)c2cccc(Oc3ccccc3)c2)c1. The molecule has 0 aliphatic carbocycles. The fourth-order valence-corrected chi connectivity index (χ4v) is 3.03. The highest BCUT2D eigenvalue weighted by Crippen LogP contribution is 2.25. The molecule has 0 bridgehead atoms. The van der Waals surface area contributed by atoms with Crippen LogP contribution >= 0.6 is 0 Å². The molecule has 1 N–H and O–H groups in total. The van der Waals surface area contributed by atoms with Crippen LogP contribution in [0.4, 0.5) is 0 Å². The highest BCUT2D eigenvalue weighted by atomic mass is 16.6. The summed E-state index contributed by atoms with van der Waals surface area (Å²) in [6, 6.07) is 22.0. The van der Waals surface area contributed by atoms with E-state index >= 15 is 0 Å². The molecule has 7 heteroatoms. The largest absolute Gasteiger partial charge is 0.494 e. The molecule has 0 heterocycles. The Morgan fingerprint density at radius 3 is 2.28 bits per heavy atom. The van der Waals surface area contributed by atoms with E-state index in [2.05, 4.69) is 5.16 Å². The molecule has 0 saturated heterocycles. The molecule has 3 aromatic rings. The maximum absolute atomic E-state index is 11.1. The van der Waals surface area contributed by atoms with Crippen LogP contribution in [-0.2, 0) is 16.1 Å². The second kappa shape index (κ2) is 11.4. The standard InChI is InChI=1S/C25H25NO6/c1-3-30-22-12-18(14-25(27)28)13-23(16-22)31-17-24(26-29-2)19-8-7-11-21(15-19)32-20-9-5-4-6-10-20/h4-13,15-16H,3,14,17H2,1-2H3,(H,27,28). The van der Waals surface area contributed by atoms with Crippen molar-refractivity contribution in [2.45, 2.75) is 13.3 Å². The van der Waals surface area contributed by atoms with Crippen molar-refractivity contribution in [2.24, 2.45) is 5.16 Å². The average molecular weight is 435 g/mol. The van der Waals surface area contributed by atoms with Gasteiger partial charge in [-0.2, -0.15) is 0 Å². The maximum Gasteiger partial charge on any atom is 0.307 e. The zero-order valence-corrected chi connectivity index (χ0v) is 18.0. The monoisotopic (exact) mass is 435 g/mol. The summed E-state index contributed by atoms with van der Waals surface area (Å²) in [5.41, 5.74) is 1.90. The number of carboxylic acids is 1. The Hall–Kier alpha value is -4.00. The number of para-hydroxylation sites is 1. The Kier molecular flexibility index (Phi) is 8.09. The van der Waals surface area contributed by atoms with E-state index in [0.29, 0.717) is 35.1 Å². The van der Waals surface area contributed by atoms with Crippen molar-refractivity contribution >= 4 is 11.7 Å². The number of oxime groups is 1. The Morgan fingerprint density at radius 1 is 0.875 bits per heavy atom. The predicted molar refractivity (Wildman–Crippen MR) is 121 cm³/mol. The molecule has 7 nitrogen and oxygen atoms in total. The summed E-state index contributed by atoms with van der Waals surface area (Å²) in [6.07, 6.45) is -0.130. The number of aliphatic carboxylic acids is 1. The highest BCUT2D eigenvalue weighted by Gasteiger charge is 2.11. The molecular formula is C25H25NO6. The minimum Gasteiger partial charge on any atom is -0.494 e. The van der Waals surface area contributed by atoms with Gasteiger partial charge in [-0.1, -0.05) is 35.5 Å². The summed E-state index contributed by atoms with van der Waals surface area (Å²) < 4.78 is 17.4. The molecule has 0 saturated carbocycles. The third kappa shape index (κ3) is 6.77. The number of carboxylic acid groups (broad SMARTS) is 1. The first kappa shape index (κ1) is 22.7. The Bertz CT molecular complexity index is 1070. The summed E-state index contributed by atoms with van der Waals surface area (Å²) >= 11 is 0. The van der Waals surface area contributed by atoms with E-state index in [-0.39, 0.29) is 13.0 Å². The number of nitrogens with zero attached hydrogens (tertiary/aromatic N) is 1. The minimum absolute atomic E-state index is 0.102. The average Bonchev–Trinajstić information content (AvgIpc) is 2.77. The number of rotatable bonds is 11. The lowest BCUT2D eigenvalue weighted by molar-refractivity contribution is -0.136. The van der Waals surface area contributed by atoms with Gasteiger partial charge < -0.3 is 24.2 Å². The lowest BCUT2D eigenvalue weighted by Crippen LogP contribution is -2.14. The van der Waals surface area contributed by atoms with Gasteiger partial charge in [-0.25, -0.2) is 0 Å². The molecule has 0 aliphatic rings. The van der Waals surface area contributed by atoms with Crippen molar-refractivity contribution in [3.63, 3.8) is 0 Å². The Morgan fingerprint density at radius 2 is 1.59 bits per heavy atom. The quantitative estimate of drug-likeness (QED) is 0.339. The van der Waals surface area contributed by atoms with Gasteiger partial charge in [0.05, 0.1) is 13.0 Å². The van der Waals surface area contributed by atoms with Gasteiger partial charge >= 0.3 is 5.97 Å². The summed E-state index contributed by atoms with van der Waals surface area (Å²) in [5, 5.41) is 13.2. The van der Waals surface area contributed by atoms with Gasteiger partial charge in [0.15, 0.2) is 0 Å². The van der Waals surface area contributed by atoms with Gasteiger partial charge in [-0.15, -0.1) is 0 Å². The van der Waals surface area contributed by atoms with Crippen molar-refractivity contribution in [1.29, 1.82) is 0 Å². The molecule has 0 aromatic heterocycles. The maximum atomic E-state index is 11.1. The number of hydrogen-bond acceptors (Lipinski definition) is 6. The molecule has 0 atom stereocenters. The van der Waals surface area contributed by atoms with Gasteiger partial charge in [0.1, 0.15) is 42.4 Å². The molecule has 0 radical (unpaired) electrons. The molecule has 0 amide bonds. The van der Waals surface area contributed by atoms with Crippen molar-refractivity contribution in [3.05, 3.63) is 83.9 Å². The first-order valence-corrected chi connectivity index (χ1v) is 10.1. The van der Waals surface area contributed by atoms with Crippen LogP contribution in [0.3, 0.4) is 0 Å². The van der Waals surface area contributed by atoms with Crippen molar-refractivity contribution in [1.82, 2.24) is 0 Å². The van der Waals surface area contributed by atoms with Crippen LogP contribution < -0.4 is 14.2 Å². The van der Waals surface area contributed by atoms with Crippen LogP contribution in [0, 0.1) is 0 Å². The van der Waals surface area contributed by atoms with Gasteiger partial charge in [0, 0.05) is 11.6 Å². The zero-order valence-electron chi connectivity index (χ0n) is 18.0. The van der Waals surface area contributed by atoms with E-state index in [0.717, 1.165) is 11.3 Å². The Labute approximate surface area is 186 Å². The number of ether oxygens (including phenoxy) is 3. The molecule has 32 heavy (non-hydrogen) atoms. The van der Waals surface area contributed by atoms with E-state index in [9.17, 15) is 4.79 Å². The summed E-state index contributed by atoms with van der Waals surface area (Å²) in [4.78, 5) is 16.1. The normalized spacial score (nSPS) is 11.0. The number of benzene rings is 3. The van der Waals surface area contributed by atoms with Crippen LogP contribution in [0.15, 0.2) is 78.0 Å². The van der Waals surface area contributed by atoms with Crippen molar-refractivity contribution < 1.29 is 28.9 Å². The number of hydrogen-bond donors (Lipinski definition) is 1. The lowest BCUT2D eigenvalue weighted by atomic mass is 10.1. The van der Waals surface area contributed by atoms with E-state index < -0.39 is 5.97 Å². The zero-order chi connectivity index (χ0) is 22.8. The van der Waals surface area contributed by atoms with Crippen molar-refractivity contribution in [2.75, 3.05) is 20.3 Å². The van der Waals surface area contributed by atoms with Crippen LogP contribution in [0.2, 0.25) is 0 Å². The summed E-state index contributed by atoms with van der Waals surface area (Å²) in [5.74, 6) is 1.48. The fraction of sp³-hybridized carbons (Fsp3) is 0.200. The fourth-order valence-electron chi connectivity index (χ4n) is 3.03. The van der Waals surface area contributed by atoms with E-state index in [1.165, 1.54) is 7.11 Å².